The summed E-state index contributed by atoms with van der Waals surface area (Å²) in [6.07, 6.45) is 1.90. The first-order valence-electron chi connectivity index (χ1n) is 8.12. The first-order valence-corrected chi connectivity index (χ1v) is 8.12. The van der Waals surface area contributed by atoms with E-state index in [9.17, 15) is 9.59 Å². The van der Waals surface area contributed by atoms with Gasteiger partial charge in [0.05, 0.1) is 5.69 Å². The lowest BCUT2D eigenvalue weighted by atomic mass is 10.1. The van der Waals surface area contributed by atoms with Gasteiger partial charge in [-0.3, -0.25) is 9.59 Å². The second-order valence-corrected chi connectivity index (χ2v) is 5.69. The molecule has 0 saturated heterocycles. The van der Waals surface area contributed by atoms with Gasteiger partial charge < -0.3 is 10.6 Å². The van der Waals surface area contributed by atoms with Crippen LogP contribution in [-0.2, 0) is 4.79 Å². The van der Waals surface area contributed by atoms with E-state index in [-0.39, 0.29) is 11.8 Å². The van der Waals surface area contributed by atoms with E-state index >= 15 is 0 Å². The summed E-state index contributed by atoms with van der Waals surface area (Å²) in [7, 11) is 0. The van der Waals surface area contributed by atoms with Gasteiger partial charge in [-0.05, 0) is 65.4 Å². The van der Waals surface area contributed by atoms with Crippen molar-refractivity contribution in [1.29, 1.82) is 0 Å². The van der Waals surface area contributed by atoms with Crippen LogP contribution in [0.15, 0.2) is 48.8 Å². The van der Waals surface area contributed by atoms with Gasteiger partial charge in [0, 0.05) is 23.4 Å². The Morgan fingerprint density at radius 2 is 1.85 bits per heavy atom. The Labute approximate surface area is 150 Å². The van der Waals surface area contributed by atoms with Crippen LogP contribution in [0.5, 0.6) is 0 Å². The molecule has 0 aliphatic rings. The topological polar surface area (TPSA) is 102 Å². The Hall–Kier alpha value is -3.55. The molecular weight excluding hydrogens is 332 g/mol. The van der Waals surface area contributed by atoms with E-state index in [1.807, 2.05) is 13.0 Å². The molecule has 0 radical (unpaired) electrons. The van der Waals surface area contributed by atoms with Crippen LogP contribution in [0.25, 0.3) is 5.69 Å². The van der Waals surface area contributed by atoms with Crippen LogP contribution >= 0.6 is 0 Å². The number of nitrogens with zero attached hydrogens (tertiary/aromatic N) is 4. The van der Waals surface area contributed by atoms with E-state index in [2.05, 4.69) is 26.2 Å². The molecule has 8 heteroatoms. The number of anilines is 2. The van der Waals surface area contributed by atoms with Crippen LogP contribution in [0.3, 0.4) is 0 Å². The second-order valence-electron chi connectivity index (χ2n) is 5.69. The third-order valence-corrected chi connectivity index (χ3v) is 3.82. The fourth-order valence-corrected chi connectivity index (χ4v) is 2.37. The Morgan fingerprint density at radius 1 is 1.08 bits per heavy atom. The summed E-state index contributed by atoms with van der Waals surface area (Å²) in [5, 5.41) is 16.6. The summed E-state index contributed by atoms with van der Waals surface area (Å²) in [6, 6.07) is 12.3. The number of aromatic nitrogens is 4. The van der Waals surface area contributed by atoms with Gasteiger partial charge in [-0.2, -0.15) is 0 Å². The summed E-state index contributed by atoms with van der Waals surface area (Å²) < 4.78 is 1.51. The number of carbonyl (C=O) groups excluding carboxylic acids is 2. The standard InChI is InChI=1S/C18H18N6O2/c1-3-17(25)20-14-6-9-16(12(2)10-14)21-18(26)13-4-7-15(8-5-13)24-11-19-22-23-24/h4-11H,3H2,1-2H3,(H,20,25)(H,21,26). The van der Waals surface area contributed by atoms with E-state index in [1.165, 1.54) is 11.0 Å². The minimum atomic E-state index is -0.221. The van der Waals surface area contributed by atoms with Crippen LogP contribution < -0.4 is 10.6 Å². The van der Waals surface area contributed by atoms with E-state index in [0.29, 0.717) is 23.4 Å². The first-order chi connectivity index (χ1) is 12.6. The van der Waals surface area contributed by atoms with Crippen LogP contribution in [0, 0.1) is 6.92 Å². The molecule has 0 fully saturated rings. The predicted molar refractivity (Wildman–Crippen MR) is 97.2 cm³/mol. The SMILES string of the molecule is CCC(=O)Nc1ccc(NC(=O)c2ccc(-n3cnnn3)cc2)c(C)c1. The lowest BCUT2D eigenvalue weighted by molar-refractivity contribution is -0.115. The molecule has 3 rings (SSSR count). The molecule has 0 atom stereocenters. The predicted octanol–water partition coefficient (Wildman–Crippen LogP) is 2.57. The summed E-state index contributed by atoms with van der Waals surface area (Å²) in [6.45, 7) is 3.67. The number of nitrogens with one attached hydrogen (secondary N) is 2. The van der Waals surface area contributed by atoms with Gasteiger partial charge in [0.1, 0.15) is 6.33 Å². The molecule has 2 N–H and O–H groups in total. The molecule has 0 saturated carbocycles. The van der Waals surface area contributed by atoms with Crippen molar-refractivity contribution in [2.24, 2.45) is 0 Å². The van der Waals surface area contributed by atoms with Gasteiger partial charge >= 0.3 is 0 Å². The third-order valence-electron chi connectivity index (χ3n) is 3.82. The number of carbonyl (C=O) groups is 2. The third kappa shape index (κ3) is 3.92. The van der Waals surface area contributed by atoms with Crippen molar-refractivity contribution in [3.63, 3.8) is 0 Å². The maximum absolute atomic E-state index is 12.4. The average molecular weight is 350 g/mol. The van der Waals surface area contributed by atoms with Gasteiger partial charge in [0.15, 0.2) is 0 Å². The fourth-order valence-electron chi connectivity index (χ4n) is 2.37. The van der Waals surface area contributed by atoms with E-state index in [1.54, 1.807) is 43.3 Å². The van der Waals surface area contributed by atoms with Crippen LogP contribution in [-0.4, -0.2) is 32.0 Å². The highest BCUT2D eigenvalue weighted by molar-refractivity contribution is 6.05. The van der Waals surface area contributed by atoms with Crippen molar-refractivity contribution < 1.29 is 9.59 Å². The molecule has 0 aliphatic carbocycles. The summed E-state index contributed by atoms with van der Waals surface area (Å²) in [5.41, 5.74) is 3.54. The Balaban J connectivity index is 1.70. The number of hydrogen-bond acceptors (Lipinski definition) is 5. The van der Waals surface area contributed by atoms with Gasteiger partial charge in [0.25, 0.3) is 5.91 Å². The zero-order valence-electron chi connectivity index (χ0n) is 14.4. The fraction of sp³-hybridized carbons (Fsp3) is 0.167. The molecule has 2 amide bonds. The Kier molecular flexibility index (Phi) is 5.02. The van der Waals surface area contributed by atoms with Crippen LogP contribution in [0.2, 0.25) is 0 Å². The van der Waals surface area contributed by atoms with Crippen molar-refractivity contribution in [3.8, 4) is 5.69 Å². The van der Waals surface area contributed by atoms with Crippen LogP contribution in [0.1, 0.15) is 29.3 Å². The van der Waals surface area contributed by atoms with Crippen molar-refractivity contribution in [3.05, 3.63) is 59.9 Å². The maximum Gasteiger partial charge on any atom is 0.255 e. The van der Waals surface area contributed by atoms with Crippen molar-refractivity contribution in [2.45, 2.75) is 20.3 Å². The average Bonchev–Trinajstić information content (AvgIpc) is 3.18. The highest BCUT2D eigenvalue weighted by Gasteiger charge is 2.09. The van der Waals surface area contributed by atoms with Crippen molar-refractivity contribution in [2.75, 3.05) is 10.6 Å². The largest absolute Gasteiger partial charge is 0.326 e. The molecule has 3 aromatic rings. The van der Waals surface area contributed by atoms with E-state index in [0.717, 1.165) is 11.3 Å². The minimum absolute atomic E-state index is 0.0520. The maximum atomic E-state index is 12.4. The number of amides is 2. The second kappa shape index (κ2) is 7.56. The number of aryl methyl sites for hydroxylation is 1. The zero-order chi connectivity index (χ0) is 18.5. The summed E-state index contributed by atoms with van der Waals surface area (Å²) in [4.78, 5) is 23.9. The monoisotopic (exact) mass is 350 g/mol. The molecular formula is C18H18N6O2. The summed E-state index contributed by atoms with van der Waals surface area (Å²) >= 11 is 0. The number of hydrogen-bond donors (Lipinski definition) is 2. The van der Waals surface area contributed by atoms with Crippen molar-refractivity contribution in [1.82, 2.24) is 20.2 Å². The lowest BCUT2D eigenvalue weighted by Gasteiger charge is -2.11. The number of tetrazole rings is 1. The molecule has 0 bridgehead atoms. The molecule has 132 valence electrons. The normalized spacial score (nSPS) is 10.4. The quantitative estimate of drug-likeness (QED) is 0.736. The molecule has 0 aliphatic heterocycles. The van der Waals surface area contributed by atoms with Crippen LogP contribution in [0.4, 0.5) is 11.4 Å². The van der Waals surface area contributed by atoms with Gasteiger partial charge in [-0.25, -0.2) is 4.68 Å². The molecule has 0 spiro atoms. The minimum Gasteiger partial charge on any atom is -0.326 e. The number of benzene rings is 2. The highest BCUT2D eigenvalue weighted by Crippen LogP contribution is 2.21. The van der Waals surface area contributed by atoms with Crippen molar-refractivity contribution >= 4 is 23.2 Å². The molecule has 0 unspecified atom stereocenters. The molecule has 1 heterocycles. The Morgan fingerprint density at radius 3 is 2.46 bits per heavy atom. The molecule has 2 aromatic carbocycles. The first kappa shape index (κ1) is 17.3. The molecule has 1 aromatic heterocycles. The molecule has 8 nitrogen and oxygen atoms in total. The van der Waals surface area contributed by atoms with Gasteiger partial charge in [-0.15, -0.1) is 5.10 Å². The highest BCUT2D eigenvalue weighted by atomic mass is 16.2. The summed E-state index contributed by atoms with van der Waals surface area (Å²) in [5.74, 6) is -0.273. The Bertz CT molecular complexity index is 919. The van der Waals surface area contributed by atoms with Gasteiger partial charge in [-0.1, -0.05) is 6.92 Å². The molecule has 26 heavy (non-hydrogen) atoms. The smallest absolute Gasteiger partial charge is 0.255 e. The van der Waals surface area contributed by atoms with E-state index < -0.39 is 0 Å². The lowest BCUT2D eigenvalue weighted by Crippen LogP contribution is -2.14. The number of rotatable bonds is 5. The zero-order valence-corrected chi connectivity index (χ0v) is 14.4. The van der Waals surface area contributed by atoms with Gasteiger partial charge in [0.2, 0.25) is 5.91 Å². The van der Waals surface area contributed by atoms with E-state index in [4.69, 9.17) is 0 Å².